The predicted molar refractivity (Wildman–Crippen MR) is 30.9 cm³/mol. The molecule has 0 aliphatic heterocycles. The number of ether oxygens (including phenoxy) is 2. The fourth-order valence-electron chi connectivity index (χ4n) is 0.261. The minimum absolute atomic E-state index is 0.776. The van der Waals surface area contributed by atoms with E-state index in [2.05, 4.69) is 15.2 Å². The van der Waals surface area contributed by atoms with Crippen molar-refractivity contribution in [3.63, 3.8) is 0 Å². The van der Waals surface area contributed by atoms with Gasteiger partial charge in [0, 0.05) is 7.11 Å². The van der Waals surface area contributed by atoms with Crippen LogP contribution in [0.5, 0.6) is 0 Å². The molecule has 0 radical (unpaired) electrons. The Morgan fingerprint density at radius 3 is 2.09 bits per heavy atom. The Hall–Kier alpha value is -0.0200. The van der Waals surface area contributed by atoms with Crippen molar-refractivity contribution in [2.45, 2.75) is 11.5 Å². The second-order valence-corrected chi connectivity index (χ2v) is 2.14. The minimum atomic E-state index is -4.15. The van der Waals surface area contributed by atoms with Crippen LogP contribution in [0.1, 0.15) is 0 Å². The lowest BCUT2D eigenvalue weighted by Gasteiger charge is -2.23. The lowest BCUT2D eigenvalue weighted by Crippen LogP contribution is -2.43. The van der Waals surface area contributed by atoms with Crippen molar-refractivity contribution < 1.29 is 27.2 Å². The zero-order valence-electron chi connectivity index (χ0n) is 5.38. The summed E-state index contributed by atoms with van der Waals surface area (Å²) in [6.45, 7) is 0. The number of hydrogen-bond donors (Lipinski definition) is 2. The maximum atomic E-state index is 11.7. The predicted octanol–water partition coefficient (Wildman–Crippen LogP) is 0.380. The van der Waals surface area contributed by atoms with Gasteiger partial charge in [0.05, 0.1) is 0 Å². The summed E-state index contributed by atoms with van der Waals surface area (Å²) in [5.74, 6) is 0. The van der Waals surface area contributed by atoms with Gasteiger partial charge < -0.3 is 9.84 Å². The van der Waals surface area contributed by atoms with Gasteiger partial charge in [0.25, 0.3) is 0 Å². The molecule has 0 aromatic heterocycles. The van der Waals surface area contributed by atoms with Crippen LogP contribution in [-0.4, -0.2) is 23.8 Å². The van der Waals surface area contributed by atoms with E-state index in [4.69, 9.17) is 5.11 Å². The van der Waals surface area contributed by atoms with Crippen LogP contribution in [0.2, 0.25) is 0 Å². The third-order valence-electron chi connectivity index (χ3n) is 0.621. The summed E-state index contributed by atoms with van der Waals surface area (Å²) in [5.41, 5.74) is 4.00. The van der Waals surface area contributed by atoms with Crippen molar-refractivity contribution in [2.24, 2.45) is 5.73 Å². The van der Waals surface area contributed by atoms with E-state index >= 15 is 0 Å². The Bertz CT molecular complexity index is 125. The van der Waals surface area contributed by atoms with E-state index in [1.807, 2.05) is 0 Å². The van der Waals surface area contributed by atoms with E-state index in [0.29, 0.717) is 0 Å². The number of alkyl halides is 2. The van der Waals surface area contributed by atoms with Crippen LogP contribution in [-0.2, 0) is 9.47 Å². The molecule has 0 aliphatic rings. The zero-order chi connectivity index (χ0) is 9.12. The van der Waals surface area contributed by atoms with Crippen LogP contribution < -0.4 is 5.73 Å². The number of nitrogens with two attached hydrogens (primary N) is 1. The van der Waals surface area contributed by atoms with Crippen LogP contribution in [0.25, 0.3) is 0 Å². The van der Waals surface area contributed by atoms with Crippen molar-refractivity contribution in [1.82, 2.24) is 0 Å². The fraction of sp³-hybridized carbons (Fsp3) is 1.00. The third kappa shape index (κ3) is 4.43. The van der Waals surface area contributed by atoms with Gasteiger partial charge >= 0.3 is 11.5 Å². The molecule has 11 heavy (non-hydrogen) atoms. The van der Waals surface area contributed by atoms with E-state index in [0.717, 1.165) is 7.11 Å². The van der Waals surface area contributed by atoms with E-state index < -0.39 is 23.7 Å². The average Bonchev–Trinajstić information content (AvgIpc) is 1.84. The van der Waals surface area contributed by atoms with Gasteiger partial charge in [0.1, 0.15) is 12.1 Å². The van der Waals surface area contributed by atoms with Gasteiger partial charge in [-0.2, -0.15) is 12.7 Å². The molecule has 0 amide bonds. The molecule has 0 heterocycles. The van der Waals surface area contributed by atoms with E-state index in [-0.39, 0.29) is 0 Å². The standard InChI is InChI=1S/C3H6F3NO3S/c1-9-3(8,11-6)10-2(4,5)7/h8H,7H2,1H3. The molecule has 0 saturated carbocycles. The molecule has 0 aromatic rings. The molecular formula is C3H6F3NO3S. The molecule has 0 aliphatic carbocycles. The Balaban J connectivity index is 4.08. The zero-order valence-corrected chi connectivity index (χ0v) is 6.20. The van der Waals surface area contributed by atoms with Crippen molar-refractivity contribution >= 4 is 12.1 Å². The molecule has 3 N–H and O–H groups in total. The smallest absolute Gasteiger partial charge is 0.332 e. The second kappa shape index (κ2) is 3.59. The van der Waals surface area contributed by atoms with Crippen molar-refractivity contribution in [1.29, 1.82) is 0 Å². The quantitative estimate of drug-likeness (QED) is 0.499. The van der Waals surface area contributed by atoms with Gasteiger partial charge in [-0.15, -0.1) is 0 Å². The minimum Gasteiger partial charge on any atom is -0.332 e. The monoisotopic (exact) mass is 193 g/mol. The van der Waals surface area contributed by atoms with Crippen LogP contribution in [0, 0.1) is 0 Å². The number of halogens is 3. The first-order valence-corrected chi connectivity index (χ1v) is 2.99. The van der Waals surface area contributed by atoms with E-state index in [1.165, 1.54) is 0 Å². The summed E-state index contributed by atoms with van der Waals surface area (Å²) in [6, 6.07) is 0. The summed E-state index contributed by atoms with van der Waals surface area (Å²) in [5, 5.41) is 5.49. The largest absolute Gasteiger partial charge is 0.424 e. The molecule has 8 heteroatoms. The molecule has 0 fully saturated rings. The van der Waals surface area contributed by atoms with E-state index in [1.54, 1.807) is 0 Å². The Morgan fingerprint density at radius 2 is 2.00 bits per heavy atom. The molecule has 68 valence electrons. The number of aliphatic hydroxyl groups is 1. The lowest BCUT2D eigenvalue weighted by molar-refractivity contribution is -0.390. The van der Waals surface area contributed by atoms with E-state index in [9.17, 15) is 12.7 Å². The molecule has 1 unspecified atom stereocenters. The number of hydrogen-bond acceptors (Lipinski definition) is 5. The van der Waals surface area contributed by atoms with Gasteiger partial charge in [-0.1, -0.05) is 0 Å². The Morgan fingerprint density at radius 1 is 1.55 bits per heavy atom. The highest BCUT2D eigenvalue weighted by Gasteiger charge is 2.41. The third-order valence-corrected chi connectivity index (χ3v) is 1.07. The molecule has 1 atom stereocenters. The van der Waals surface area contributed by atoms with Gasteiger partial charge in [0.15, 0.2) is 0 Å². The lowest BCUT2D eigenvalue weighted by atomic mass is 11.1. The fourth-order valence-corrected chi connectivity index (χ4v) is 0.466. The van der Waals surface area contributed by atoms with Gasteiger partial charge in [-0.05, 0) is 0 Å². The molecule has 4 nitrogen and oxygen atoms in total. The van der Waals surface area contributed by atoms with Crippen molar-refractivity contribution in [3.05, 3.63) is 0 Å². The first kappa shape index (κ1) is 11.0. The number of methoxy groups -OCH3 is 1. The topological polar surface area (TPSA) is 64.7 Å². The summed E-state index contributed by atoms with van der Waals surface area (Å²) in [6.07, 6.45) is -4.15. The van der Waals surface area contributed by atoms with Crippen LogP contribution in [0.15, 0.2) is 0 Å². The highest BCUT2D eigenvalue weighted by Crippen LogP contribution is 2.29. The highest BCUT2D eigenvalue weighted by molar-refractivity contribution is 7.95. The molecule has 0 rings (SSSR count). The highest BCUT2D eigenvalue weighted by atomic mass is 32.2. The van der Waals surface area contributed by atoms with Crippen molar-refractivity contribution in [2.75, 3.05) is 7.11 Å². The SMILES string of the molecule is COC(O)(OC(N)(F)F)SF. The summed E-state index contributed by atoms with van der Waals surface area (Å²) >= 11 is -0.950. The van der Waals surface area contributed by atoms with Gasteiger partial charge in [-0.25, -0.2) is 10.5 Å². The van der Waals surface area contributed by atoms with Crippen LogP contribution in [0.3, 0.4) is 0 Å². The van der Waals surface area contributed by atoms with Gasteiger partial charge in [0.2, 0.25) is 0 Å². The summed E-state index contributed by atoms with van der Waals surface area (Å²) in [4.78, 5) is 0. The van der Waals surface area contributed by atoms with Gasteiger partial charge in [-0.3, -0.25) is 0 Å². The maximum Gasteiger partial charge on any atom is 0.424 e. The average molecular weight is 193 g/mol. The van der Waals surface area contributed by atoms with Crippen molar-refractivity contribution in [3.8, 4) is 0 Å². The number of rotatable bonds is 4. The summed E-state index contributed by atoms with van der Waals surface area (Å²) in [7, 11) is 0.776. The Kier molecular flexibility index (Phi) is 3.58. The first-order valence-electron chi connectivity index (χ1n) is 2.27. The first-order chi connectivity index (χ1) is 4.83. The summed E-state index contributed by atoms with van der Waals surface area (Å²) < 4.78 is 42.2. The maximum absolute atomic E-state index is 11.7. The Labute approximate surface area is 64.7 Å². The normalized spacial score (nSPS) is 18.0. The van der Waals surface area contributed by atoms with Crippen LogP contribution in [0.4, 0.5) is 12.7 Å². The molecule has 0 bridgehead atoms. The molecule has 0 spiro atoms. The molecular weight excluding hydrogens is 187 g/mol. The molecule has 0 aromatic carbocycles. The molecule has 0 saturated heterocycles. The van der Waals surface area contributed by atoms with Crippen LogP contribution >= 0.6 is 12.1 Å². The second-order valence-electron chi connectivity index (χ2n) is 1.47.